The van der Waals surface area contributed by atoms with Crippen LogP contribution in [0.1, 0.15) is 24.3 Å². The molecule has 0 radical (unpaired) electrons. The standard InChI is InChI=1S/C10H9FO/c1-7(11)10-6-8-4-2-3-5-9(8)12-10/h2-7H,1H3/i2D,3D,4D,6D. The number of furan rings is 1. The minimum atomic E-state index is -1.44. The SMILES string of the molecule is [2H]c1cc2oc(C(C)F)c([2H])c2c([2H])c1[2H]. The second-order valence-corrected chi connectivity index (χ2v) is 2.49. The third-order valence-corrected chi connectivity index (χ3v) is 1.54. The van der Waals surface area contributed by atoms with Gasteiger partial charge in [-0.25, -0.2) is 4.39 Å². The summed E-state index contributed by atoms with van der Waals surface area (Å²) in [6.07, 6.45) is -1.44. The van der Waals surface area contributed by atoms with Gasteiger partial charge in [0.25, 0.3) is 0 Å². The van der Waals surface area contributed by atoms with Crippen molar-refractivity contribution < 1.29 is 14.3 Å². The van der Waals surface area contributed by atoms with Gasteiger partial charge >= 0.3 is 0 Å². The highest BCUT2D eigenvalue weighted by Gasteiger charge is 2.08. The predicted octanol–water partition coefficient (Wildman–Crippen LogP) is 3.46. The number of hydrogen-bond acceptors (Lipinski definition) is 1. The van der Waals surface area contributed by atoms with Crippen LogP contribution < -0.4 is 0 Å². The number of benzene rings is 1. The molecular formula is C10H9FO. The average molecular weight is 168 g/mol. The molecule has 12 heavy (non-hydrogen) atoms. The van der Waals surface area contributed by atoms with E-state index in [1.807, 2.05) is 0 Å². The van der Waals surface area contributed by atoms with Gasteiger partial charge in [0.2, 0.25) is 0 Å². The third-order valence-electron chi connectivity index (χ3n) is 1.54. The van der Waals surface area contributed by atoms with Crippen molar-refractivity contribution in [2.45, 2.75) is 13.1 Å². The van der Waals surface area contributed by atoms with E-state index in [0.29, 0.717) is 0 Å². The van der Waals surface area contributed by atoms with E-state index in [1.165, 1.54) is 13.0 Å². The van der Waals surface area contributed by atoms with Gasteiger partial charge in [-0.1, -0.05) is 18.1 Å². The molecule has 1 heterocycles. The highest BCUT2D eigenvalue weighted by molar-refractivity contribution is 5.77. The van der Waals surface area contributed by atoms with Crippen molar-refractivity contribution in [2.24, 2.45) is 0 Å². The Labute approximate surface area is 75.4 Å². The van der Waals surface area contributed by atoms with Crippen molar-refractivity contribution in [3.05, 3.63) is 36.0 Å². The molecule has 0 fully saturated rings. The van der Waals surface area contributed by atoms with Crippen LogP contribution in [0.15, 0.2) is 34.7 Å². The van der Waals surface area contributed by atoms with Crippen LogP contribution in [0.3, 0.4) is 0 Å². The molecule has 62 valence electrons. The van der Waals surface area contributed by atoms with Gasteiger partial charge in [0, 0.05) is 5.39 Å². The first-order valence-corrected chi connectivity index (χ1v) is 3.57. The van der Waals surface area contributed by atoms with E-state index in [-0.39, 0.29) is 40.9 Å². The van der Waals surface area contributed by atoms with Gasteiger partial charge in [-0.15, -0.1) is 0 Å². The molecule has 2 heteroatoms. The van der Waals surface area contributed by atoms with Gasteiger partial charge in [0.05, 0.1) is 5.48 Å². The molecule has 0 amide bonds. The van der Waals surface area contributed by atoms with Gasteiger partial charge in [0.1, 0.15) is 11.3 Å². The summed E-state index contributed by atoms with van der Waals surface area (Å²) in [5, 5.41) is 0.0977. The lowest BCUT2D eigenvalue weighted by molar-refractivity contribution is 0.317. The van der Waals surface area contributed by atoms with Crippen molar-refractivity contribution >= 4 is 11.0 Å². The maximum absolute atomic E-state index is 13.1. The molecule has 0 saturated heterocycles. The van der Waals surface area contributed by atoms with Crippen molar-refractivity contribution in [1.82, 2.24) is 0 Å². The largest absolute Gasteiger partial charge is 0.458 e. The Bertz CT molecular complexity index is 562. The Balaban J connectivity index is 2.88. The lowest BCUT2D eigenvalue weighted by Crippen LogP contribution is -1.77. The average Bonchev–Trinajstić information content (AvgIpc) is 2.52. The molecule has 0 bridgehead atoms. The zero-order valence-corrected chi connectivity index (χ0v) is 6.44. The molecule has 0 aliphatic heterocycles. The predicted molar refractivity (Wildman–Crippen MR) is 45.7 cm³/mol. The molecule has 1 aromatic carbocycles. The van der Waals surface area contributed by atoms with Gasteiger partial charge in [-0.3, -0.25) is 0 Å². The molecule has 0 spiro atoms. The first kappa shape index (κ1) is 4.08. The zero-order valence-electron chi connectivity index (χ0n) is 10.4. The minimum absolute atomic E-state index is 0.0977. The fourth-order valence-corrected chi connectivity index (χ4v) is 0.955. The van der Waals surface area contributed by atoms with Crippen LogP contribution in [-0.4, -0.2) is 0 Å². The Morgan fingerprint density at radius 2 is 2.42 bits per heavy atom. The monoisotopic (exact) mass is 168 g/mol. The van der Waals surface area contributed by atoms with E-state index in [0.717, 1.165) is 0 Å². The number of para-hydroxylation sites is 1. The summed E-state index contributed by atoms with van der Waals surface area (Å²) in [7, 11) is 0. The molecule has 1 unspecified atom stereocenters. The smallest absolute Gasteiger partial charge is 0.155 e. The topological polar surface area (TPSA) is 13.1 Å². The van der Waals surface area contributed by atoms with Crippen LogP contribution in [0.4, 0.5) is 4.39 Å². The highest BCUT2D eigenvalue weighted by atomic mass is 19.1. The van der Waals surface area contributed by atoms with Gasteiger partial charge < -0.3 is 4.42 Å². The normalized spacial score (nSPS) is 18.2. The first-order valence-electron chi connectivity index (χ1n) is 5.57. The molecular weight excluding hydrogens is 155 g/mol. The van der Waals surface area contributed by atoms with E-state index in [9.17, 15) is 4.39 Å². The Morgan fingerprint density at radius 3 is 3.17 bits per heavy atom. The van der Waals surface area contributed by atoms with Crippen molar-refractivity contribution in [3.8, 4) is 0 Å². The first-order chi connectivity index (χ1) is 7.43. The summed E-state index contributed by atoms with van der Waals surface area (Å²) in [5.74, 6) is -0.159. The second-order valence-electron chi connectivity index (χ2n) is 2.49. The molecule has 2 rings (SSSR count). The van der Waals surface area contributed by atoms with Crippen molar-refractivity contribution in [1.29, 1.82) is 0 Å². The number of rotatable bonds is 1. The van der Waals surface area contributed by atoms with Crippen LogP contribution in [0, 0.1) is 0 Å². The molecule has 0 aliphatic carbocycles. The van der Waals surface area contributed by atoms with E-state index < -0.39 is 6.17 Å². The molecule has 0 N–H and O–H groups in total. The molecule has 2 aromatic rings. The minimum Gasteiger partial charge on any atom is -0.458 e. The summed E-state index contributed by atoms with van der Waals surface area (Å²) in [6.45, 7) is 1.24. The number of fused-ring (bicyclic) bond motifs is 1. The molecule has 1 atom stereocenters. The summed E-state index contributed by atoms with van der Waals surface area (Å²) < 4.78 is 48.3. The summed E-state index contributed by atoms with van der Waals surface area (Å²) >= 11 is 0. The van der Waals surface area contributed by atoms with E-state index in [2.05, 4.69) is 0 Å². The Hall–Kier alpha value is -1.31. The van der Waals surface area contributed by atoms with Crippen LogP contribution >= 0.6 is 0 Å². The maximum Gasteiger partial charge on any atom is 0.155 e. The van der Waals surface area contributed by atoms with Gasteiger partial charge in [-0.2, -0.15) is 0 Å². The van der Waals surface area contributed by atoms with Crippen molar-refractivity contribution in [2.75, 3.05) is 0 Å². The molecule has 1 aromatic heterocycles. The van der Waals surface area contributed by atoms with E-state index in [4.69, 9.17) is 9.90 Å². The van der Waals surface area contributed by atoms with Crippen molar-refractivity contribution in [3.63, 3.8) is 0 Å². The Morgan fingerprint density at radius 1 is 1.58 bits per heavy atom. The number of hydrogen-bond donors (Lipinski definition) is 0. The fourth-order valence-electron chi connectivity index (χ4n) is 0.955. The zero-order chi connectivity index (χ0) is 12.0. The van der Waals surface area contributed by atoms with Crippen LogP contribution in [0.25, 0.3) is 11.0 Å². The lowest BCUT2D eigenvalue weighted by atomic mass is 10.2. The van der Waals surface area contributed by atoms with E-state index >= 15 is 0 Å². The maximum atomic E-state index is 13.1. The molecule has 1 nitrogen and oxygen atoms in total. The van der Waals surface area contributed by atoms with Gasteiger partial charge in [0.15, 0.2) is 6.17 Å². The quantitative estimate of drug-likeness (QED) is 0.635. The lowest BCUT2D eigenvalue weighted by Gasteiger charge is -1.91. The third kappa shape index (κ3) is 1.09. The van der Waals surface area contributed by atoms with E-state index in [1.54, 1.807) is 0 Å². The van der Waals surface area contributed by atoms with Crippen LogP contribution in [0.2, 0.25) is 0 Å². The van der Waals surface area contributed by atoms with Gasteiger partial charge in [-0.05, 0) is 19.0 Å². The fraction of sp³-hybridized carbons (Fsp3) is 0.200. The molecule has 0 aliphatic rings. The Kier molecular flexibility index (Phi) is 0.893. The number of halogens is 1. The second kappa shape index (κ2) is 2.63. The molecule has 0 saturated carbocycles. The number of alkyl halides is 1. The van der Waals surface area contributed by atoms with Crippen LogP contribution in [-0.2, 0) is 0 Å². The summed E-state index contributed by atoms with van der Waals surface area (Å²) in [6, 6.07) is 0.329. The summed E-state index contributed by atoms with van der Waals surface area (Å²) in [4.78, 5) is 0. The highest BCUT2D eigenvalue weighted by Crippen LogP contribution is 2.25. The van der Waals surface area contributed by atoms with Crippen LogP contribution in [0.5, 0.6) is 0 Å². The summed E-state index contributed by atoms with van der Waals surface area (Å²) in [5.41, 5.74) is 0.121.